The quantitative estimate of drug-likeness (QED) is 0.458. The summed E-state index contributed by atoms with van der Waals surface area (Å²) in [6.45, 7) is 0.225. The van der Waals surface area contributed by atoms with Gasteiger partial charge in [-0.2, -0.15) is 0 Å². The minimum absolute atomic E-state index is 0.132. The Hall–Kier alpha value is -2.70. The van der Waals surface area contributed by atoms with Crippen LogP contribution in [0.2, 0.25) is 5.02 Å². The van der Waals surface area contributed by atoms with Crippen LogP contribution in [0.3, 0.4) is 0 Å². The van der Waals surface area contributed by atoms with Crippen molar-refractivity contribution < 1.29 is 9.59 Å². The molecule has 1 saturated carbocycles. The van der Waals surface area contributed by atoms with Crippen LogP contribution in [0, 0.1) is 0 Å². The van der Waals surface area contributed by atoms with Gasteiger partial charge >= 0.3 is 0 Å². The van der Waals surface area contributed by atoms with Gasteiger partial charge in [0.1, 0.15) is 0 Å². The number of nitrogens with zero attached hydrogens (tertiary/aromatic N) is 2. The summed E-state index contributed by atoms with van der Waals surface area (Å²) in [7, 11) is 0. The van der Waals surface area contributed by atoms with Crippen LogP contribution >= 0.6 is 22.9 Å². The molecule has 2 heterocycles. The molecule has 2 amide bonds. The van der Waals surface area contributed by atoms with E-state index in [1.54, 1.807) is 17.2 Å². The fourth-order valence-electron chi connectivity index (χ4n) is 4.30. The fraction of sp³-hybridized carbons (Fsp3) is 0.346. The second kappa shape index (κ2) is 11.4. The molecule has 4 rings (SSSR count). The highest BCUT2D eigenvalue weighted by molar-refractivity contribution is 7.10. The predicted molar refractivity (Wildman–Crippen MR) is 132 cm³/mol. The van der Waals surface area contributed by atoms with Crippen LogP contribution in [0.15, 0.2) is 66.2 Å². The molecule has 0 spiro atoms. The van der Waals surface area contributed by atoms with Crippen molar-refractivity contribution in [2.45, 2.75) is 57.2 Å². The van der Waals surface area contributed by atoms with Gasteiger partial charge in [-0.25, -0.2) is 0 Å². The molecule has 1 unspecified atom stereocenters. The molecule has 0 aliphatic heterocycles. The number of hydrogen-bond donors (Lipinski definition) is 1. The molecule has 7 heteroatoms. The van der Waals surface area contributed by atoms with E-state index in [-0.39, 0.29) is 30.8 Å². The molecule has 1 N–H and O–H groups in total. The van der Waals surface area contributed by atoms with Gasteiger partial charge in [-0.15, -0.1) is 11.3 Å². The molecule has 33 heavy (non-hydrogen) atoms. The van der Waals surface area contributed by atoms with Gasteiger partial charge in [0.15, 0.2) is 6.04 Å². The number of amides is 2. The number of carbonyl (C=O) groups is 2. The zero-order valence-corrected chi connectivity index (χ0v) is 20.0. The molecule has 1 atom stereocenters. The molecule has 1 aliphatic carbocycles. The van der Waals surface area contributed by atoms with Gasteiger partial charge in [0.05, 0.1) is 12.1 Å². The smallest absolute Gasteiger partial charge is 0.249 e. The van der Waals surface area contributed by atoms with E-state index in [2.05, 4.69) is 10.3 Å². The number of nitrogens with one attached hydrogen (secondary N) is 1. The molecule has 1 aliphatic rings. The molecule has 5 nitrogen and oxygen atoms in total. The maximum Gasteiger partial charge on any atom is 0.249 e. The maximum absolute atomic E-state index is 13.7. The summed E-state index contributed by atoms with van der Waals surface area (Å²) < 4.78 is 0. The SMILES string of the molecule is O=C(NC1CCCCC1)C(c1ccccn1)N(Cc1ccccc1Cl)C(=O)Cc1cccs1. The van der Waals surface area contributed by atoms with E-state index in [1.807, 2.05) is 53.9 Å². The van der Waals surface area contributed by atoms with Crippen molar-refractivity contribution in [3.8, 4) is 0 Å². The van der Waals surface area contributed by atoms with Gasteiger partial charge in [-0.3, -0.25) is 14.6 Å². The molecule has 1 fully saturated rings. The molecule has 0 bridgehead atoms. The average molecular weight is 482 g/mol. The summed E-state index contributed by atoms with van der Waals surface area (Å²) in [5.74, 6) is -0.320. The summed E-state index contributed by atoms with van der Waals surface area (Å²) in [5.41, 5.74) is 1.35. The highest BCUT2D eigenvalue weighted by Gasteiger charge is 2.34. The molecule has 3 aromatic rings. The van der Waals surface area contributed by atoms with E-state index in [0.717, 1.165) is 36.1 Å². The van der Waals surface area contributed by atoms with E-state index in [9.17, 15) is 9.59 Å². The Balaban J connectivity index is 1.68. The standard InChI is InChI=1S/C26H28ClN3O2S/c27-22-13-5-4-9-19(22)18-30(24(31)17-21-12-8-16-33-21)25(23-14-6-7-15-28-23)26(32)29-20-10-2-1-3-11-20/h4-9,12-16,20,25H,1-3,10-11,17-18H2,(H,29,32). The molecule has 2 aromatic heterocycles. The Morgan fingerprint density at radius 1 is 1.06 bits per heavy atom. The van der Waals surface area contributed by atoms with Crippen molar-refractivity contribution in [3.63, 3.8) is 0 Å². The van der Waals surface area contributed by atoms with Crippen molar-refractivity contribution in [2.24, 2.45) is 0 Å². The van der Waals surface area contributed by atoms with Gasteiger partial charge in [0.2, 0.25) is 11.8 Å². The van der Waals surface area contributed by atoms with Crippen LogP contribution < -0.4 is 5.32 Å². The number of hydrogen-bond acceptors (Lipinski definition) is 4. The second-order valence-corrected chi connectivity index (χ2v) is 9.81. The lowest BCUT2D eigenvalue weighted by molar-refractivity contribution is -0.141. The third-order valence-electron chi connectivity index (χ3n) is 6.00. The minimum atomic E-state index is -0.836. The van der Waals surface area contributed by atoms with Crippen molar-refractivity contribution >= 4 is 34.8 Å². The largest absolute Gasteiger partial charge is 0.351 e. The normalized spacial score (nSPS) is 15.1. The number of aromatic nitrogens is 1. The van der Waals surface area contributed by atoms with E-state index in [0.29, 0.717) is 10.7 Å². The van der Waals surface area contributed by atoms with E-state index in [4.69, 9.17) is 11.6 Å². The van der Waals surface area contributed by atoms with Gasteiger partial charge in [-0.05, 0) is 48.1 Å². The first-order valence-electron chi connectivity index (χ1n) is 11.4. The van der Waals surface area contributed by atoms with Crippen molar-refractivity contribution in [3.05, 3.63) is 87.3 Å². The second-order valence-electron chi connectivity index (χ2n) is 8.37. The summed E-state index contributed by atoms with van der Waals surface area (Å²) in [6, 6.07) is 16.1. The lowest BCUT2D eigenvalue weighted by atomic mass is 9.95. The van der Waals surface area contributed by atoms with Gasteiger partial charge in [-0.1, -0.05) is 61.2 Å². The van der Waals surface area contributed by atoms with Crippen LogP contribution in [0.25, 0.3) is 0 Å². The number of halogens is 1. The van der Waals surface area contributed by atoms with Crippen LogP contribution in [-0.4, -0.2) is 27.7 Å². The maximum atomic E-state index is 13.7. The third kappa shape index (κ3) is 6.21. The van der Waals surface area contributed by atoms with Crippen molar-refractivity contribution in [2.75, 3.05) is 0 Å². The highest BCUT2D eigenvalue weighted by atomic mass is 35.5. The van der Waals surface area contributed by atoms with Crippen LogP contribution in [-0.2, 0) is 22.6 Å². The molecule has 172 valence electrons. The van der Waals surface area contributed by atoms with Gasteiger partial charge in [0.25, 0.3) is 0 Å². The summed E-state index contributed by atoms with van der Waals surface area (Å²) in [5, 5.41) is 5.73. The van der Waals surface area contributed by atoms with Gasteiger partial charge in [0, 0.05) is 28.7 Å². The number of carbonyl (C=O) groups excluding carboxylic acids is 2. The Labute approximate surface area is 203 Å². The number of benzene rings is 1. The number of thiophene rings is 1. The first-order valence-corrected chi connectivity index (χ1v) is 12.6. The van der Waals surface area contributed by atoms with Gasteiger partial charge < -0.3 is 10.2 Å². The zero-order chi connectivity index (χ0) is 23.0. The Bertz CT molecular complexity index is 1050. The van der Waals surface area contributed by atoms with E-state index < -0.39 is 6.04 Å². The lowest BCUT2D eigenvalue weighted by Gasteiger charge is -2.33. The van der Waals surface area contributed by atoms with E-state index in [1.165, 1.54) is 17.8 Å². The van der Waals surface area contributed by atoms with Crippen LogP contribution in [0.5, 0.6) is 0 Å². The zero-order valence-electron chi connectivity index (χ0n) is 18.5. The fourth-order valence-corrected chi connectivity index (χ4v) is 5.19. The minimum Gasteiger partial charge on any atom is -0.351 e. The number of rotatable bonds is 8. The molecular weight excluding hydrogens is 454 g/mol. The van der Waals surface area contributed by atoms with E-state index >= 15 is 0 Å². The van der Waals surface area contributed by atoms with Crippen molar-refractivity contribution in [1.82, 2.24) is 15.2 Å². The topological polar surface area (TPSA) is 62.3 Å². The van der Waals surface area contributed by atoms with Crippen molar-refractivity contribution in [1.29, 1.82) is 0 Å². The Morgan fingerprint density at radius 2 is 1.85 bits per heavy atom. The monoisotopic (exact) mass is 481 g/mol. The summed E-state index contributed by atoms with van der Waals surface area (Å²) in [6.07, 6.45) is 7.24. The molecular formula is C26H28ClN3O2S. The summed E-state index contributed by atoms with van der Waals surface area (Å²) in [4.78, 5) is 34.3. The first kappa shape index (κ1) is 23.5. The van der Waals surface area contributed by atoms with Crippen LogP contribution in [0.4, 0.5) is 0 Å². The Kier molecular flexibility index (Phi) is 8.13. The van der Waals surface area contributed by atoms with Crippen LogP contribution in [0.1, 0.15) is 54.3 Å². The number of pyridine rings is 1. The third-order valence-corrected chi connectivity index (χ3v) is 7.25. The highest BCUT2D eigenvalue weighted by Crippen LogP contribution is 2.27. The molecule has 0 radical (unpaired) electrons. The molecule has 0 saturated heterocycles. The predicted octanol–water partition coefficient (Wildman–Crippen LogP) is 5.56. The first-order chi connectivity index (χ1) is 16.1. The average Bonchev–Trinajstić information content (AvgIpc) is 3.34. The summed E-state index contributed by atoms with van der Waals surface area (Å²) >= 11 is 7.98. The lowest BCUT2D eigenvalue weighted by Crippen LogP contribution is -2.47. The molecule has 1 aromatic carbocycles. The Morgan fingerprint density at radius 3 is 2.55 bits per heavy atom.